The van der Waals surface area contributed by atoms with E-state index < -0.39 is 11.9 Å². The van der Waals surface area contributed by atoms with Gasteiger partial charge in [0.15, 0.2) is 0 Å². The smallest absolute Gasteiger partial charge is 0.306 e. The number of carbonyl (C=O) groups excluding carboxylic acids is 1. The first kappa shape index (κ1) is 17.1. The van der Waals surface area contributed by atoms with E-state index in [9.17, 15) is 9.59 Å². The third kappa shape index (κ3) is 6.03. The first-order valence-corrected chi connectivity index (χ1v) is 7.71. The van der Waals surface area contributed by atoms with E-state index in [2.05, 4.69) is 5.32 Å². The molecule has 0 bridgehead atoms. The second kappa shape index (κ2) is 8.39. The van der Waals surface area contributed by atoms with Crippen molar-refractivity contribution in [2.24, 2.45) is 5.92 Å². The van der Waals surface area contributed by atoms with Crippen LogP contribution in [0.2, 0.25) is 10.0 Å². The van der Waals surface area contributed by atoms with Gasteiger partial charge in [-0.3, -0.25) is 9.59 Å². The van der Waals surface area contributed by atoms with Gasteiger partial charge >= 0.3 is 5.97 Å². The number of carbonyl (C=O) groups is 2. The standard InChI is InChI=1S/C13H15Cl2NO3S/c1-8(13(18)19)4-5-16-12(17)7-20-11-6-9(14)2-3-10(11)15/h2-3,6,8H,4-5,7H2,1H3,(H,16,17)(H,18,19). The predicted octanol–water partition coefficient (Wildman–Crippen LogP) is 3.31. The van der Waals surface area contributed by atoms with Crippen LogP contribution in [0.15, 0.2) is 23.1 Å². The van der Waals surface area contributed by atoms with Gasteiger partial charge in [0.25, 0.3) is 0 Å². The monoisotopic (exact) mass is 335 g/mol. The number of hydrogen-bond donors (Lipinski definition) is 2. The fourth-order valence-corrected chi connectivity index (χ4v) is 2.66. The van der Waals surface area contributed by atoms with Gasteiger partial charge in [-0.2, -0.15) is 0 Å². The third-order valence-corrected chi connectivity index (χ3v) is 4.31. The van der Waals surface area contributed by atoms with Crippen molar-refractivity contribution in [3.8, 4) is 0 Å². The van der Waals surface area contributed by atoms with E-state index in [-0.39, 0.29) is 11.7 Å². The van der Waals surface area contributed by atoms with Crippen molar-refractivity contribution < 1.29 is 14.7 Å². The van der Waals surface area contributed by atoms with Crippen LogP contribution in [-0.2, 0) is 9.59 Å². The molecule has 0 aliphatic rings. The summed E-state index contributed by atoms with van der Waals surface area (Å²) in [5, 5.41) is 12.5. The van der Waals surface area contributed by atoms with Gasteiger partial charge in [0, 0.05) is 16.5 Å². The van der Waals surface area contributed by atoms with Crippen LogP contribution >= 0.6 is 35.0 Å². The number of benzene rings is 1. The van der Waals surface area contributed by atoms with Gasteiger partial charge in [-0.05, 0) is 24.6 Å². The van der Waals surface area contributed by atoms with Crippen LogP contribution in [0, 0.1) is 5.92 Å². The van der Waals surface area contributed by atoms with Crippen molar-refractivity contribution in [2.75, 3.05) is 12.3 Å². The van der Waals surface area contributed by atoms with Crippen molar-refractivity contribution in [1.29, 1.82) is 0 Å². The summed E-state index contributed by atoms with van der Waals surface area (Å²) >= 11 is 13.1. The molecule has 1 atom stereocenters. The van der Waals surface area contributed by atoms with E-state index in [1.54, 1.807) is 25.1 Å². The van der Waals surface area contributed by atoms with Gasteiger partial charge in [0.2, 0.25) is 5.91 Å². The van der Waals surface area contributed by atoms with E-state index in [1.807, 2.05) is 0 Å². The molecule has 0 saturated carbocycles. The molecule has 0 spiro atoms. The predicted molar refractivity (Wildman–Crippen MR) is 81.6 cm³/mol. The number of thioether (sulfide) groups is 1. The van der Waals surface area contributed by atoms with Gasteiger partial charge in [-0.15, -0.1) is 11.8 Å². The van der Waals surface area contributed by atoms with Crippen LogP contribution in [0.5, 0.6) is 0 Å². The quantitative estimate of drug-likeness (QED) is 0.750. The van der Waals surface area contributed by atoms with Gasteiger partial charge in [-0.25, -0.2) is 0 Å². The van der Waals surface area contributed by atoms with Gasteiger partial charge in [0.1, 0.15) is 0 Å². The second-order valence-corrected chi connectivity index (χ2v) is 6.10. The van der Waals surface area contributed by atoms with Crippen molar-refractivity contribution in [2.45, 2.75) is 18.2 Å². The van der Waals surface area contributed by atoms with Crippen LogP contribution < -0.4 is 5.32 Å². The summed E-state index contributed by atoms with van der Waals surface area (Å²) in [6, 6.07) is 5.06. The first-order valence-electron chi connectivity index (χ1n) is 5.97. The average molecular weight is 336 g/mol. The molecule has 110 valence electrons. The van der Waals surface area contributed by atoms with Crippen LogP contribution in [0.25, 0.3) is 0 Å². The lowest BCUT2D eigenvalue weighted by atomic mass is 10.1. The Morgan fingerprint density at radius 1 is 1.40 bits per heavy atom. The van der Waals surface area contributed by atoms with Crippen LogP contribution in [0.3, 0.4) is 0 Å². The highest BCUT2D eigenvalue weighted by atomic mass is 35.5. The molecular weight excluding hydrogens is 321 g/mol. The average Bonchev–Trinajstić information content (AvgIpc) is 2.39. The van der Waals surface area contributed by atoms with Crippen molar-refractivity contribution in [3.05, 3.63) is 28.2 Å². The highest BCUT2D eigenvalue weighted by molar-refractivity contribution is 8.00. The lowest BCUT2D eigenvalue weighted by Crippen LogP contribution is -2.28. The first-order chi connectivity index (χ1) is 9.40. The zero-order chi connectivity index (χ0) is 15.1. The van der Waals surface area contributed by atoms with Crippen molar-refractivity contribution >= 4 is 46.8 Å². The number of nitrogens with one attached hydrogen (secondary N) is 1. The molecule has 0 heterocycles. The number of hydrogen-bond acceptors (Lipinski definition) is 3. The number of amides is 1. The molecular formula is C13H15Cl2NO3S. The number of aliphatic carboxylic acids is 1. The summed E-state index contributed by atoms with van der Waals surface area (Å²) in [7, 11) is 0. The Morgan fingerprint density at radius 2 is 2.10 bits per heavy atom. The summed E-state index contributed by atoms with van der Waals surface area (Å²) < 4.78 is 0. The lowest BCUT2D eigenvalue weighted by molar-refractivity contribution is -0.141. The third-order valence-electron chi connectivity index (χ3n) is 2.57. The summed E-state index contributed by atoms with van der Waals surface area (Å²) in [5.41, 5.74) is 0. The molecule has 1 amide bonds. The Labute approximate surface area is 131 Å². The maximum absolute atomic E-state index is 11.6. The van der Waals surface area contributed by atoms with E-state index in [0.29, 0.717) is 23.0 Å². The largest absolute Gasteiger partial charge is 0.481 e. The molecule has 1 rings (SSSR count). The van der Waals surface area contributed by atoms with Gasteiger partial charge in [0.05, 0.1) is 16.7 Å². The molecule has 7 heteroatoms. The number of halogens is 2. The molecule has 1 aromatic rings. The minimum Gasteiger partial charge on any atom is -0.481 e. The van der Waals surface area contributed by atoms with Crippen molar-refractivity contribution in [3.63, 3.8) is 0 Å². The molecule has 1 unspecified atom stereocenters. The Bertz CT molecular complexity index is 497. The highest BCUT2D eigenvalue weighted by Gasteiger charge is 2.11. The number of rotatable bonds is 7. The van der Waals surface area contributed by atoms with E-state index in [4.69, 9.17) is 28.3 Å². The van der Waals surface area contributed by atoms with E-state index in [0.717, 1.165) is 4.90 Å². The zero-order valence-corrected chi connectivity index (χ0v) is 13.2. The van der Waals surface area contributed by atoms with E-state index in [1.165, 1.54) is 11.8 Å². The SMILES string of the molecule is CC(CCNC(=O)CSc1cc(Cl)ccc1Cl)C(=O)O. The second-order valence-electron chi connectivity index (χ2n) is 4.24. The van der Waals surface area contributed by atoms with Crippen molar-refractivity contribution in [1.82, 2.24) is 5.32 Å². The molecule has 20 heavy (non-hydrogen) atoms. The number of carboxylic acids is 1. The van der Waals surface area contributed by atoms with Gasteiger partial charge in [-0.1, -0.05) is 30.1 Å². The van der Waals surface area contributed by atoms with Gasteiger partial charge < -0.3 is 10.4 Å². The molecule has 1 aromatic carbocycles. The normalized spacial score (nSPS) is 11.9. The van der Waals surface area contributed by atoms with Crippen LogP contribution in [-0.4, -0.2) is 29.3 Å². The fourth-order valence-electron chi connectivity index (χ4n) is 1.33. The Hall–Kier alpha value is -0.910. The van der Waals surface area contributed by atoms with Crippen LogP contribution in [0.1, 0.15) is 13.3 Å². The number of carboxylic acid groups (broad SMARTS) is 1. The molecule has 0 saturated heterocycles. The Morgan fingerprint density at radius 3 is 2.75 bits per heavy atom. The summed E-state index contributed by atoms with van der Waals surface area (Å²) in [4.78, 5) is 23.0. The summed E-state index contributed by atoms with van der Waals surface area (Å²) in [6.45, 7) is 1.95. The minimum absolute atomic E-state index is 0.163. The molecule has 0 fully saturated rings. The Balaban J connectivity index is 2.33. The molecule has 0 aliphatic carbocycles. The van der Waals surface area contributed by atoms with Crippen LogP contribution in [0.4, 0.5) is 0 Å². The molecule has 4 nitrogen and oxygen atoms in total. The Kier molecular flexibility index (Phi) is 7.19. The molecule has 0 radical (unpaired) electrons. The fraction of sp³-hybridized carbons (Fsp3) is 0.385. The summed E-state index contributed by atoms with van der Waals surface area (Å²) in [5.74, 6) is -1.28. The maximum Gasteiger partial charge on any atom is 0.306 e. The highest BCUT2D eigenvalue weighted by Crippen LogP contribution is 2.29. The molecule has 0 aromatic heterocycles. The minimum atomic E-state index is -0.862. The summed E-state index contributed by atoms with van der Waals surface area (Å²) in [6.07, 6.45) is 0.406. The topological polar surface area (TPSA) is 66.4 Å². The maximum atomic E-state index is 11.6. The zero-order valence-electron chi connectivity index (χ0n) is 10.9. The van der Waals surface area contributed by atoms with E-state index >= 15 is 0 Å². The molecule has 0 aliphatic heterocycles. The molecule has 2 N–H and O–H groups in total. The lowest BCUT2D eigenvalue weighted by Gasteiger charge is -2.08.